The summed E-state index contributed by atoms with van der Waals surface area (Å²) in [5, 5.41) is 21.7. The van der Waals surface area contributed by atoms with E-state index in [0.29, 0.717) is 19.3 Å². The molecule has 82 valence electrons. The SMILES string of the molecule is CC(O)CC1(C(=O)O)CCCNCC1. The Kier molecular flexibility index (Phi) is 3.89. The number of aliphatic carboxylic acids is 1. The Bertz CT molecular complexity index is 196. The van der Waals surface area contributed by atoms with Gasteiger partial charge in [-0.3, -0.25) is 4.79 Å². The van der Waals surface area contributed by atoms with Crippen LogP contribution in [-0.2, 0) is 4.79 Å². The molecule has 1 aliphatic rings. The molecule has 0 aliphatic carbocycles. The highest BCUT2D eigenvalue weighted by atomic mass is 16.4. The summed E-state index contributed by atoms with van der Waals surface area (Å²) in [6.07, 6.45) is 1.99. The molecule has 0 spiro atoms. The second-order valence-electron chi connectivity index (χ2n) is 4.24. The van der Waals surface area contributed by atoms with E-state index in [-0.39, 0.29) is 0 Å². The third-order valence-electron chi connectivity index (χ3n) is 2.93. The van der Waals surface area contributed by atoms with Crippen LogP contribution in [0.25, 0.3) is 0 Å². The van der Waals surface area contributed by atoms with E-state index in [1.54, 1.807) is 6.92 Å². The van der Waals surface area contributed by atoms with Crippen LogP contribution in [0.3, 0.4) is 0 Å². The molecule has 1 heterocycles. The fourth-order valence-corrected chi connectivity index (χ4v) is 2.20. The molecule has 0 aromatic heterocycles. The van der Waals surface area contributed by atoms with Crippen LogP contribution in [0.15, 0.2) is 0 Å². The fourth-order valence-electron chi connectivity index (χ4n) is 2.20. The molecular formula is C10H19NO3. The van der Waals surface area contributed by atoms with Gasteiger partial charge in [0.05, 0.1) is 11.5 Å². The molecule has 1 rings (SSSR count). The third kappa shape index (κ3) is 2.69. The number of carboxylic acids is 1. The molecule has 2 atom stereocenters. The van der Waals surface area contributed by atoms with Gasteiger partial charge in [-0.2, -0.15) is 0 Å². The molecule has 0 amide bonds. The Morgan fingerprint density at radius 1 is 1.50 bits per heavy atom. The fraction of sp³-hybridized carbons (Fsp3) is 0.900. The number of nitrogens with one attached hydrogen (secondary N) is 1. The maximum Gasteiger partial charge on any atom is 0.309 e. The van der Waals surface area contributed by atoms with Gasteiger partial charge in [0, 0.05) is 0 Å². The summed E-state index contributed by atoms with van der Waals surface area (Å²) in [6.45, 7) is 3.27. The van der Waals surface area contributed by atoms with Gasteiger partial charge in [0.15, 0.2) is 0 Å². The molecular weight excluding hydrogens is 182 g/mol. The number of carbonyl (C=O) groups is 1. The van der Waals surface area contributed by atoms with Gasteiger partial charge in [-0.05, 0) is 45.7 Å². The molecule has 1 saturated heterocycles. The molecule has 3 N–H and O–H groups in total. The van der Waals surface area contributed by atoms with Gasteiger partial charge in [-0.25, -0.2) is 0 Å². The van der Waals surface area contributed by atoms with E-state index in [0.717, 1.165) is 19.5 Å². The van der Waals surface area contributed by atoms with Crippen molar-refractivity contribution in [1.29, 1.82) is 0 Å². The number of carboxylic acid groups (broad SMARTS) is 1. The normalized spacial score (nSPS) is 30.7. The highest BCUT2D eigenvalue weighted by Crippen LogP contribution is 2.35. The summed E-state index contributed by atoms with van der Waals surface area (Å²) in [5.41, 5.74) is -0.711. The van der Waals surface area contributed by atoms with Gasteiger partial charge in [0.1, 0.15) is 0 Å². The van der Waals surface area contributed by atoms with E-state index in [1.807, 2.05) is 0 Å². The molecule has 1 aliphatic heterocycles. The molecule has 14 heavy (non-hydrogen) atoms. The number of aliphatic hydroxyl groups is 1. The smallest absolute Gasteiger partial charge is 0.309 e. The lowest BCUT2D eigenvalue weighted by molar-refractivity contribution is -0.151. The van der Waals surface area contributed by atoms with Crippen LogP contribution in [-0.4, -0.2) is 35.4 Å². The zero-order valence-corrected chi connectivity index (χ0v) is 8.62. The number of aliphatic hydroxyl groups excluding tert-OH is 1. The molecule has 2 unspecified atom stereocenters. The molecule has 0 radical (unpaired) electrons. The van der Waals surface area contributed by atoms with Crippen molar-refractivity contribution in [2.75, 3.05) is 13.1 Å². The molecule has 1 fully saturated rings. The molecule has 4 nitrogen and oxygen atoms in total. The average Bonchev–Trinajstić information content (AvgIpc) is 2.29. The Hall–Kier alpha value is -0.610. The summed E-state index contributed by atoms with van der Waals surface area (Å²) < 4.78 is 0. The van der Waals surface area contributed by atoms with Crippen LogP contribution in [0.5, 0.6) is 0 Å². The molecule has 4 heteroatoms. The van der Waals surface area contributed by atoms with E-state index < -0.39 is 17.5 Å². The van der Waals surface area contributed by atoms with E-state index in [2.05, 4.69) is 5.32 Å². The van der Waals surface area contributed by atoms with Crippen molar-refractivity contribution < 1.29 is 15.0 Å². The van der Waals surface area contributed by atoms with Crippen molar-refractivity contribution in [3.8, 4) is 0 Å². The van der Waals surface area contributed by atoms with Gasteiger partial charge in [-0.1, -0.05) is 0 Å². The lowest BCUT2D eigenvalue weighted by Crippen LogP contribution is -2.35. The summed E-state index contributed by atoms with van der Waals surface area (Å²) in [7, 11) is 0. The van der Waals surface area contributed by atoms with Crippen LogP contribution in [0.1, 0.15) is 32.6 Å². The zero-order valence-electron chi connectivity index (χ0n) is 8.62. The summed E-state index contributed by atoms with van der Waals surface area (Å²) in [4.78, 5) is 11.2. The van der Waals surface area contributed by atoms with Crippen molar-refractivity contribution in [2.45, 2.75) is 38.7 Å². The minimum atomic E-state index is -0.762. The van der Waals surface area contributed by atoms with Crippen molar-refractivity contribution in [3.05, 3.63) is 0 Å². The summed E-state index contributed by atoms with van der Waals surface area (Å²) in [5.74, 6) is -0.762. The quantitative estimate of drug-likeness (QED) is 0.625. The summed E-state index contributed by atoms with van der Waals surface area (Å²) in [6, 6.07) is 0. The highest BCUT2D eigenvalue weighted by Gasteiger charge is 2.39. The second-order valence-corrected chi connectivity index (χ2v) is 4.24. The Labute approximate surface area is 84.3 Å². The largest absolute Gasteiger partial charge is 0.481 e. The Morgan fingerprint density at radius 2 is 2.21 bits per heavy atom. The first kappa shape index (κ1) is 11.5. The number of hydrogen-bond donors (Lipinski definition) is 3. The molecule has 0 bridgehead atoms. The van der Waals surface area contributed by atoms with Crippen molar-refractivity contribution in [3.63, 3.8) is 0 Å². The van der Waals surface area contributed by atoms with Crippen molar-refractivity contribution >= 4 is 5.97 Å². The monoisotopic (exact) mass is 201 g/mol. The standard InChI is InChI=1S/C10H19NO3/c1-8(12)7-10(9(13)14)3-2-5-11-6-4-10/h8,11-12H,2-7H2,1H3,(H,13,14). The average molecular weight is 201 g/mol. The third-order valence-corrected chi connectivity index (χ3v) is 2.93. The van der Waals surface area contributed by atoms with Crippen molar-refractivity contribution in [2.24, 2.45) is 5.41 Å². The predicted octanol–water partition coefficient (Wildman–Crippen LogP) is 0.602. The Morgan fingerprint density at radius 3 is 2.79 bits per heavy atom. The van der Waals surface area contributed by atoms with Gasteiger partial charge in [-0.15, -0.1) is 0 Å². The Balaban J connectivity index is 2.72. The van der Waals surface area contributed by atoms with Gasteiger partial charge in [0.25, 0.3) is 0 Å². The first-order valence-electron chi connectivity index (χ1n) is 5.19. The van der Waals surface area contributed by atoms with Crippen LogP contribution in [0, 0.1) is 5.41 Å². The maximum absolute atomic E-state index is 11.2. The van der Waals surface area contributed by atoms with E-state index in [9.17, 15) is 15.0 Å². The highest BCUT2D eigenvalue weighted by molar-refractivity contribution is 5.74. The lowest BCUT2D eigenvalue weighted by Gasteiger charge is -2.28. The van der Waals surface area contributed by atoms with Gasteiger partial charge < -0.3 is 15.5 Å². The minimum absolute atomic E-state index is 0.365. The topological polar surface area (TPSA) is 69.6 Å². The molecule has 0 saturated carbocycles. The van der Waals surface area contributed by atoms with Crippen LogP contribution < -0.4 is 5.32 Å². The lowest BCUT2D eigenvalue weighted by atomic mass is 9.76. The van der Waals surface area contributed by atoms with Gasteiger partial charge in [0.2, 0.25) is 0 Å². The first-order valence-corrected chi connectivity index (χ1v) is 5.19. The molecule has 0 aromatic rings. The minimum Gasteiger partial charge on any atom is -0.481 e. The van der Waals surface area contributed by atoms with Crippen molar-refractivity contribution in [1.82, 2.24) is 5.32 Å². The number of rotatable bonds is 3. The zero-order chi connectivity index (χ0) is 10.6. The summed E-state index contributed by atoms with van der Waals surface area (Å²) >= 11 is 0. The number of hydrogen-bond acceptors (Lipinski definition) is 3. The predicted molar refractivity (Wildman–Crippen MR) is 53.1 cm³/mol. The molecule has 0 aromatic carbocycles. The maximum atomic E-state index is 11.2. The second kappa shape index (κ2) is 4.75. The van der Waals surface area contributed by atoms with E-state index in [1.165, 1.54) is 0 Å². The van der Waals surface area contributed by atoms with Gasteiger partial charge >= 0.3 is 5.97 Å². The van der Waals surface area contributed by atoms with Crippen LogP contribution in [0.4, 0.5) is 0 Å². The van der Waals surface area contributed by atoms with Crippen LogP contribution >= 0.6 is 0 Å². The van der Waals surface area contributed by atoms with E-state index >= 15 is 0 Å². The van der Waals surface area contributed by atoms with Crippen LogP contribution in [0.2, 0.25) is 0 Å². The van der Waals surface area contributed by atoms with E-state index in [4.69, 9.17) is 0 Å². The first-order chi connectivity index (χ1) is 6.57.